The second kappa shape index (κ2) is 13.9. The number of esters is 4. The zero-order chi connectivity index (χ0) is 40.6. The largest absolute Gasteiger partial charge is 0.547 e. The smallest absolute Gasteiger partial charge is 0.303 e. The van der Waals surface area contributed by atoms with E-state index in [2.05, 4.69) is 0 Å². The molecule has 17 heteroatoms. The summed E-state index contributed by atoms with van der Waals surface area (Å²) in [5, 5.41) is -0.323. The lowest BCUT2D eigenvalue weighted by Gasteiger charge is -2.47. The highest BCUT2D eigenvalue weighted by Gasteiger charge is 2.91. The van der Waals surface area contributed by atoms with Gasteiger partial charge in [0.2, 0.25) is 31.1 Å². The Labute approximate surface area is 317 Å². The Morgan fingerprint density at radius 1 is 0.782 bits per heavy atom. The lowest BCUT2D eigenvalue weighted by atomic mass is 9.57. The van der Waals surface area contributed by atoms with Crippen LogP contribution in [-0.2, 0) is 66.4 Å². The second-order valence-corrected chi connectivity index (χ2v) is 20.6. The van der Waals surface area contributed by atoms with E-state index < -0.39 is 122 Å². The lowest BCUT2D eigenvalue weighted by Crippen LogP contribution is -2.66. The molecular weight excluding hydrogens is 740 g/mol. The third-order valence-corrected chi connectivity index (χ3v) is 15.5. The van der Waals surface area contributed by atoms with Gasteiger partial charge in [-0.05, 0) is 24.2 Å². The van der Waals surface area contributed by atoms with E-state index in [1.807, 2.05) is 33.9 Å². The lowest BCUT2D eigenvalue weighted by molar-refractivity contribution is -0.317. The van der Waals surface area contributed by atoms with Crippen molar-refractivity contribution in [1.29, 1.82) is 0 Å². The summed E-state index contributed by atoms with van der Waals surface area (Å²) in [5.41, 5.74) is -4.90. The van der Waals surface area contributed by atoms with Crippen LogP contribution in [-0.4, -0.2) is 110 Å². The first-order valence-corrected chi connectivity index (χ1v) is 20.8. The molecule has 1 aromatic carbocycles. The Morgan fingerprint density at radius 3 is 1.84 bits per heavy atom. The zero-order valence-corrected chi connectivity index (χ0v) is 33.0. The van der Waals surface area contributed by atoms with Crippen molar-refractivity contribution in [3.05, 3.63) is 47.2 Å². The summed E-state index contributed by atoms with van der Waals surface area (Å²) < 4.78 is 46.9. The fourth-order valence-corrected chi connectivity index (χ4v) is 8.80. The average Bonchev–Trinajstić information content (AvgIpc) is 3.81. The highest BCUT2D eigenvalue weighted by atomic mass is 28.4. The van der Waals surface area contributed by atoms with E-state index in [4.69, 9.17) is 37.6 Å². The summed E-state index contributed by atoms with van der Waals surface area (Å²) in [6.07, 6.45) is -7.98. The van der Waals surface area contributed by atoms with E-state index in [-0.39, 0.29) is 28.3 Å². The van der Waals surface area contributed by atoms with Gasteiger partial charge in [-0.15, -0.1) is 0 Å². The highest BCUT2D eigenvalue weighted by Crippen LogP contribution is 2.64. The number of allylic oxidation sites excluding steroid dienone is 1. The normalized spacial score (nSPS) is 33.8. The van der Waals surface area contributed by atoms with Crippen LogP contribution in [0.25, 0.3) is 0 Å². The highest BCUT2D eigenvalue weighted by molar-refractivity contribution is 6.74. The van der Waals surface area contributed by atoms with Crippen LogP contribution >= 0.6 is 0 Å². The molecule has 3 aliphatic carbocycles. The van der Waals surface area contributed by atoms with Crippen molar-refractivity contribution in [1.82, 2.24) is 0 Å². The molecule has 16 nitrogen and oxygen atoms in total. The van der Waals surface area contributed by atoms with E-state index in [0.29, 0.717) is 0 Å². The van der Waals surface area contributed by atoms with Gasteiger partial charge >= 0.3 is 23.9 Å². The third-order valence-electron chi connectivity index (χ3n) is 11.1. The van der Waals surface area contributed by atoms with Gasteiger partial charge in [0, 0.05) is 51.2 Å². The second-order valence-electron chi connectivity index (χ2n) is 15.9. The first kappa shape index (κ1) is 40.1. The van der Waals surface area contributed by atoms with Crippen LogP contribution in [0.5, 0.6) is 0 Å². The molecule has 2 heterocycles. The number of epoxide rings is 1. The SMILES string of the molecule is CC(=O)OC[C@H]1O[C@@H](O[C@H]2C=C(O[Si](C)(C)C(C)(C)C)C[C@H]3C(=O)[C@]45O[C@]4(C(=O)c4ccccc4C5=O)C(=O)[C@@H]23)[C@H](OC(C)=O)[C@@H](OC(C)=O)[C@@H]1OC(C)=O. The maximum absolute atomic E-state index is 14.8. The summed E-state index contributed by atoms with van der Waals surface area (Å²) >= 11 is 0. The van der Waals surface area contributed by atoms with E-state index in [9.17, 15) is 38.4 Å². The summed E-state index contributed by atoms with van der Waals surface area (Å²) in [7, 11) is -2.64. The van der Waals surface area contributed by atoms with Gasteiger partial charge in [-0.25, -0.2) is 0 Å². The molecule has 1 saturated carbocycles. The Morgan fingerprint density at radius 2 is 1.31 bits per heavy atom. The number of hydrogen-bond donors (Lipinski definition) is 0. The standard InChI is InChI=1S/C38H44O16Si/c1-17(39)47-16-26-28(48-18(2)40)29(49-19(3)41)30(50-20(4)42)35(52-26)51-25-15-21(53-55(8,9)36(5,6)7)14-24-27(25)34(46)38-32(44)23-13-11-10-12-22(23)31(43)37(38,54-38)33(24)45/h10-13,15,24-30,35H,14,16H2,1-9H3/t24-,25+,26-,27-,28-,29+,30-,35-,37+,38-/m1/s1. The topological polar surface area (TPSA) is 214 Å². The fourth-order valence-electron chi connectivity index (χ4n) is 7.69. The van der Waals surface area contributed by atoms with Gasteiger partial charge in [-0.2, -0.15) is 0 Å². The Bertz CT molecular complexity index is 1910. The molecule has 10 atom stereocenters. The van der Waals surface area contributed by atoms with Gasteiger partial charge in [0.15, 0.2) is 36.2 Å². The van der Waals surface area contributed by atoms with Crippen molar-refractivity contribution in [2.45, 2.75) is 121 Å². The van der Waals surface area contributed by atoms with Gasteiger partial charge in [0.25, 0.3) is 0 Å². The summed E-state index contributed by atoms with van der Waals surface area (Å²) in [4.78, 5) is 107. The number of fused-ring (bicyclic) bond motifs is 2. The number of Topliss-reactive ketones (excluding diaryl/α,β-unsaturated/α-hetero) is 4. The summed E-state index contributed by atoms with van der Waals surface area (Å²) in [6, 6.07) is 5.86. The average molecular weight is 785 g/mol. The van der Waals surface area contributed by atoms with Crippen molar-refractivity contribution in [3.8, 4) is 0 Å². The van der Waals surface area contributed by atoms with Crippen LogP contribution in [0, 0.1) is 11.8 Å². The number of ether oxygens (including phenoxy) is 7. The maximum Gasteiger partial charge on any atom is 0.303 e. The van der Waals surface area contributed by atoms with Crippen LogP contribution < -0.4 is 0 Å². The molecule has 0 bridgehead atoms. The number of hydrogen-bond acceptors (Lipinski definition) is 16. The molecule has 296 valence electrons. The molecule has 0 unspecified atom stereocenters. The molecule has 55 heavy (non-hydrogen) atoms. The molecule has 0 radical (unpaired) electrons. The van der Waals surface area contributed by atoms with E-state index in [1.165, 1.54) is 24.3 Å². The Kier molecular flexibility index (Phi) is 10.1. The predicted molar refractivity (Wildman–Crippen MR) is 186 cm³/mol. The van der Waals surface area contributed by atoms with Crippen LogP contribution in [0.4, 0.5) is 0 Å². The minimum absolute atomic E-state index is 0.0328. The monoisotopic (exact) mass is 784 g/mol. The fraction of sp³-hybridized carbons (Fsp3) is 0.579. The minimum atomic E-state index is -2.64. The van der Waals surface area contributed by atoms with Gasteiger partial charge in [0.05, 0.1) is 17.8 Å². The molecule has 0 N–H and O–H groups in total. The number of ketones is 4. The van der Waals surface area contributed by atoms with E-state index in [0.717, 1.165) is 27.7 Å². The maximum atomic E-state index is 14.8. The molecule has 1 aromatic rings. The molecule has 6 rings (SSSR count). The molecule has 0 amide bonds. The van der Waals surface area contributed by atoms with Crippen LogP contribution in [0.3, 0.4) is 0 Å². The molecule has 2 saturated heterocycles. The third kappa shape index (κ3) is 6.53. The summed E-state index contributed by atoms with van der Waals surface area (Å²) in [6.45, 7) is 13.7. The molecule has 5 aliphatic rings. The Balaban J connectivity index is 1.47. The quantitative estimate of drug-likeness (QED) is 0.116. The first-order chi connectivity index (χ1) is 25.6. The van der Waals surface area contributed by atoms with Crippen molar-refractivity contribution < 1.29 is 75.9 Å². The van der Waals surface area contributed by atoms with Gasteiger partial charge in [0.1, 0.15) is 12.7 Å². The van der Waals surface area contributed by atoms with Crippen molar-refractivity contribution in [2.75, 3.05) is 6.61 Å². The number of benzene rings is 1. The minimum Gasteiger partial charge on any atom is -0.547 e. The number of carbonyl (C=O) groups excluding carboxylic acids is 8. The van der Waals surface area contributed by atoms with Gasteiger partial charge in [-0.1, -0.05) is 45.0 Å². The van der Waals surface area contributed by atoms with Crippen molar-refractivity contribution >= 4 is 55.3 Å². The molecule has 3 fully saturated rings. The van der Waals surface area contributed by atoms with Crippen LogP contribution in [0.2, 0.25) is 18.1 Å². The predicted octanol–water partition coefficient (Wildman–Crippen LogP) is 2.74. The van der Waals surface area contributed by atoms with E-state index in [1.54, 1.807) is 6.07 Å². The van der Waals surface area contributed by atoms with Crippen LogP contribution in [0.1, 0.15) is 75.6 Å². The number of carbonyl (C=O) groups is 8. The van der Waals surface area contributed by atoms with Crippen molar-refractivity contribution in [2.24, 2.45) is 11.8 Å². The Hall–Kier alpha value is -4.58. The summed E-state index contributed by atoms with van der Waals surface area (Å²) in [5.74, 6) is -9.09. The molecule has 0 aromatic heterocycles. The zero-order valence-electron chi connectivity index (χ0n) is 32.0. The molecular formula is C38H44O16Si. The number of rotatable bonds is 9. The first-order valence-electron chi connectivity index (χ1n) is 17.9. The van der Waals surface area contributed by atoms with Gasteiger partial charge in [-0.3, -0.25) is 38.4 Å². The molecule has 2 aliphatic heterocycles. The van der Waals surface area contributed by atoms with Gasteiger partial charge < -0.3 is 37.6 Å². The van der Waals surface area contributed by atoms with Crippen LogP contribution in [0.15, 0.2) is 36.1 Å². The van der Waals surface area contributed by atoms with Crippen molar-refractivity contribution in [3.63, 3.8) is 0 Å². The van der Waals surface area contributed by atoms with E-state index >= 15 is 0 Å². The molecule has 0 spiro atoms.